The molecule has 0 saturated carbocycles. The van der Waals surface area contributed by atoms with E-state index in [1.807, 2.05) is 6.92 Å². The number of benzene rings is 1. The minimum atomic E-state index is -0.787. The summed E-state index contributed by atoms with van der Waals surface area (Å²) in [6.45, 7) is 4.55. The van der Waals surface area contributed by atoms with Crippen LogP contribution in [0.5, 0.6) is 11.5 Å². The molecule has 0 fully saturated rings. The largest absolute Gasteiger partial charge is 0.490 e. The number of esters is 1. The fraction of sp³-hybridized carbons (Fsp3) is 0.500. The van der Waals surface area contributed by atoms with E-state index in [1.54, 1.807) is 6.92 Å². The van der Waals surface area contributed by atoms with Crippen molar-refractivity contribution in [2.24, 2.45) is 0 Å². The maximum Gasteiger partial charge on any atom is 0.345 e. The van der Waals surface area contributed by atoms with Crippen molar-refractivity contribution in [1.82, 2.24) is 0 Å². The first kappa shape index (κ1) is 16.7. The molecule has 0 unspecified atom stereocenters. The molecular formula is C14H19NO6. The predicted molar refractivity (Wildman–Crippen MR) is 76.0 cm³/mol. The summed E-state index contributed by atoms with van der Waals surface area (Å²) < 4.78 is 15.5. The number of nitro groups is 1. The van der Waals surface area contributed by atoms with Gasteiger partial charge in [-0.2, -0.15) is 0 Å². The van der Waals surface area contributed by atoms with Crippen LogP contribution >= 0.6 is 0 Å². The van der Waals surface area contributed by atoms with Crippen LogP contribution in [0.25, 0.3) is 0 Å². The first-order valence-electron chi connectivity index (χ1n) is 6.71. The van der Waals surface area contributed by atoms with E-state index in [0.717, 1.165) is 12.8 Å². The lowest BCUT2D eigenvalue weighted by Crippen LogP contribution is -2.08. The fourth-order valence-corrected chi connectivity index (χ4v) is 1.68. The number of hydrogen-bond acceptors (Lipinski definition) is 6. The molecule has 0 aliphatic rings. The van der Waals surface area contributed by atoms with E-state index in [2.05, 4.69) is 4.74 Å². The average Bonchev–Trinajstić information content (AvgIpc) is 2.47. The number of carbonyl (C=O) groups is 1. The van der Waals surface area contributed by atoms with Crippen molar-refractivity contribution in [3.63, 3.8) is 0 Å². The lowest BCUT2D eigenvalue weighted by Gasteiger charge is -2.13. The zero-order chi connectivity index (χ0) is 15.8. The van der Waals surface area contributed by atoms with Gasteiger partial charge in [-0.25, -0.2) is 4.79 Å². The number of methoxy groups -OCH3 is 1. The Morgan fingerprint density at radius 1 is 1.24 bits per heavy atom. The molecular weight excluding hydrogens is 278 g/mol. The highest BCUT2D eigenvalue weighted by atomic mass is 16.6. The van der Waals surface area contributed by atoms with E-state index >= 15 is 0 Å². The van der Waals surface area contributed by atoms with E-state index in [1.165, 1.54) is 19.2 Å². The van der Waals surface area contributed by atoms with Gasteiger partial charge in [0.1, 0.15) is 5.56 Å². The number of ether oxygens (including phenoxy) is 3. The van der Waals surface area contributed by atoms with Crippen LogP contribution in [0.1, 0.15) is 37.0 Å². The molecule has 0 heterocycles. The standard InChI is InChI=1S/C14H19NO6/c1-4-6-7-21-12-8-10(14(16)19-3)11(15(17)18)9-13(12)20-5-2/h8-9H,4-7H2,1-3H3. The fourth-order valence-electron chi connectivity index (χ4n) is 1.68. The summed E-state index contributed by atoms with van der Waals surface area (Å²) in [6, 6.07) is 2.49. The van der Waals surface area contributed by atoms with E-state index in [-0.39, 0.29) is 17.0 Å². The molecule has 21 heavy (non-hydrogen) atoms. The maximum absolute atomic E-state index is 11.7. The highest BCUT2D eigenvalue weighted by Gasteiger charge is 2.25. The monoisotopic (exact) mass is 297 g/mol. The van der Waals surface area contributed by atoms with Crippen molar-refractivity contribution in [3.8, 4) is 11.5 Å². The van der Waals surface area contributed by atoms with Gasteiger partial charge in [-0.05, 0) is 13.3 Å². The van der Waals surface area contributed by atoms with Crippen LogP contribution in [-0.2, 0) is 4.74 Å². The number of unbranched alkanes of at least 4 members (excludes halogenated alkanes) is 1. The molecule has 0 amide bonds. The molecule has 0 aliphatic carbocycles. The highest BCUT2D eigenvalue weighted by Crippen LogP contribution is 2.35. The molecule has 0 aromatic heterocycles. The van der Waals surface area contributed by atoms with Crippen LogP contribution in [0.3, 0.4) is 0 Å². The molecule has 0 aliphatic heterocycles. The Morgan fingerprint density at radius 2 is 1.90 bits per heavy atom. The summed E-state index contributed by atoms with van der Waals surface area (Å²) >= 11 is 0. The second-order valence-corrected chi connectivity index (χ2v) is 4.20. The summed E-state index contributed by atoms with van der Waals surface area (Å²) in [6.07, 6.45) is 1.77. The van der Waals surface area contributed by atoms with Crippen molar-refractivity contribution >= 4 is 11.7 Å². The Hall–Kier alpha value is -2.31. The van der Waals surface area contributed by atoms with Crippen molar-refractivity contribution < 1.29 is 23.9 Å². The van der Waals surface area contributed by atoms with Crippen LogP contribution in [0.2, 0.25) is 0 Å². The molecule has 116 valence electrons. The Labute approximate surface area is 123 Å². The molecule has 0 saturated heterocycles. The van der Waals surface area contributed by atoms with Gasteiger partial charge < -0.3 is 14.2 Å². The summed E-state index contributed by atoms with van der Waals surface area (Å²) in [5, 5.41) is 11.1. The Balaban J connectivity index is 3.25. The molecule has 0 bridgehead atoms. The van der Waals surface area contributed by atoms with Gasteiger partial charge in [0.15, 0.2) is 11.5 Å². The Kier molecular flexibility index (Phi) is 6.45. The highest BCUT2D eigenvalue weighted by molar-refractivity contribution is 5.94. The van der Waals surface area contributed by atoms with Gasteiger partial charge in [-0.3, -0.25) is 10.1 Å². The molecule has 0 radical (unpaired) electrons. The zero-order valence-electron chi connectivity index (χ0n) is 12.4. The Morgan fingerprint density at radius 3 is 2.43 bits per heavy atom. The summed E-state index contributed by atoms with van der Waals surface area (Å²) in [7, 11) is 1.17. The molecule has 7 nitrogen and oxygen atoms in total. The summed E-state index contributed by atoms with van der Waals surface area (Å²) in [5.41, 5.74) is -0.523. The number of hydrogen-bond donors (Lipinski definition) is 0. The topological polar surface area (TPSA) is 87.9 Å². The normalized spacial score (nSPS) is 10.0. The maximum atomic E-state index is 11.7. The van der Waals surface area contributed by atoms with Crippen molar-refractivity contribution in [3.05, 3.63) is 27.8 Å². The molecule has 1 aromatic rings. The SMILES string of the molecule is CCCCOc1cc(C(=O)OC)c([N+](=O)[O-])cc1OCC. The number of carbonyl (C=O) groups excluding carboxylic acids is 1. The van der Waals surface area contributed by atoms with E-state index < -0.39 is 10.9 Å². The third-order valence-corrected chi connectivity index (χ3v) is 2.72. The summed E-state index contributed by atoms with van der Waals surface area (Å²) in [5.74, 6) is -0.241. The van der Waals surface area contributed by atoms with Gasteiger partial charge in [0.2, 0.25) is 0 Å². The van der Waals surface area contributed by atoms with E-state index in [4.69, 9.17) is 9.47 Å². The molecule has 1 rings (SSSR count). The first-order chi connectivity index (χ1) is 10.0. The van der Waals surface area contributed by atoms with Crippen molar-refractivity contribution in [2.75, 3.05) is 20.3 Å². The van der Waals surface area contributed by atoms with Crippen LogP contribution in [0.15, 0.2) is 12.1 Å². The molecule has 0 spiro atoms. The minimum absolute atomic E-state index is 0.155. The van der Waals surface area contributed by atoms with Gasteiger partial charge >= 0.3 is 5.97 Å². The van der Waals surface area contributed by atoms with Crippen LogP contribution in [-0.4, -0.2) is 31.2 Å². The minimum Gasteiger partial charge on any atom is -0.490 e. The second kappa shape index (κ2) is 8.08. The van der Waals surface area contributed by atoms with E-state index in [0.29, 0.717) is 19.0 Å². The number of rotatable bonds is 8. The number of nitro benzene ring substituents is 1. The van der Waals surface area contributed by atoms with Gasteiger partial charge in [0.05, 0.1) is 31.3 Å². The zero-order valence-corrected chi connectivity index (χ0v) is 12.4. The Bertz CT molecular complexity index is 514. The van der Waals surface area contributed by atoms with Gasteiger partial charge in [0.25, 0.3) is 5.69 Å². The quantitative estimate of drug-likeness (QED) is 0.317. The third-order valence-electron chi connectivity index (χ3n) is 2.72. The van der Waals surface area contributed by atoms with Crippen molar-refractivity contribution in [1.29, 1.82) is 0 Å². The van der Waals surface area contributed by atoms with Gasteiger partial charge in [-0.1, -0.05) is 13.3 Å². The summed E-state index contributed by atoms with van der Waals surface area (Å²) in [4.78, 5) is 22.1. The molecule has 1 aromatic carbocycles. The van der Waals surface area contributed by atoms with Crippen LogP contribution in [0, 0.1) is 10.1 Å². The average molecular weight is 297 g/mol. The van der Waals surface area contributed by atoms with E-state index in [9.17, 15) is 14.9 Å². The van der Waals surface area contributed by atoms with Crippen molar-refractivity contribution in [2.45, 2.75) is 26.7 Å². The lowest BCUT2D eigenvalue weighted by molar-refractivity contribution is -0.385. The lowest BCUT2D eigenvalue weighted by atomic mass is 10.1. The van der Waals surface area contributed by atoms with Gasteiger partial charge in [0, 0.05) is 6.07 Å². The second-order valence-electron chi connectivity index (χ2n) is 4.20. The molecule has 7 heteroatoms. The smallest absolute Gasteiger partial charge is 0.345 e. The van der Waals surface area contributed by atoms with Gasteiger partial charge in [-0.15, -0.1) is 0 Å². The molecule has 0 N–H and O–H groups in total. The van der Waals surface area contributed by atoms with Crippen LogP contribution < -0.4 is 9.47 Å². The number of nitrogens with zero attached hydrogens (tertiary/aromatic N) is 1. The predicted octanol–water partition coefficient (Wildman–Crippen LogP) is 2.96. The molecule has 0 atom stereocenters. The van der Waals surface area contributed by atoms with Crippen LogP contribution in [0.4, 0.5) is 5.69 Å². The first-order valence-corrected chi connectivity index (χ1v) is 6.71. The third kappa shape index (κ3) is 4.34.